The van der Waals surface area contributed by atoms with Crippen LogP contribution in [0.3, 0.4) is 0 Å². The minimum Gasteiger partial charge on any atom is -0.480 e. The summed E-state index contributed by atoms with van der Waals surface area (Å²) in [6.07, 6.45) is 1.28. The molecule has 0 saturated carbocycles. The van der Waals surface area contributed by atoms with Gasteiger partial charge in [0.15, 0.2) is 9.84 Å². The summed E-state index contributed by atoms with van der Waals surface area (Å²) >= 11 is 0. The highest BCUT2D eigenvalue weighted by Crippen LogP contribution is 2.24. The number of aliphatic carboxylic acids is 1. The zero-order valence-corrected chi connectivity index (χ0v) is 12.9. The van der Waals surface area contributed by atoms with Gasteiger partial charge in [0.05, 0.1) is 11.5 Å². The summed E-state index contributed by atoms with van der Waals surface area (Å²) in [4.78, 5) is 25.0. The molecule has 0 aromatic carbocycles. The predicted molar refractivity (Wildman–Crippen MR) is 76.6 cm³/mol. The lowest BCUT2D eigenvalue weighted by Gasteiger charge is -2.37. The Balaban J connectivity index is 2.00. The molecular weight excluding hydrogens is 296 g/mol. The number of nitrogens with one attached hydrogen (secondary N) is 1. The lowest BCUT2D eigenvalue weighted by atomic mass is 9.92. The highest BCUT2D eigenvalue weighted by atomic mass is 32.2. The van der Waals surface area contributed by atoms with Gasteiger partial charge in [-0.15, -0.1) is 0 Å². The normalized spacial score (nSPS) is 32.6. The zero-order valence-electron chi connectivity index (χ0n) is 12.1. The van der Waals surface area contributed by atoms with E-state index in [1.165, 1.54) is 4.90 Å². The molecule has 2 rings (SSSR count). The van der Waals surface area contributed by atoms with Gasteiger partial charge >= 0.3 is 5.97 Å². The van der Waals surface area contributed by atoms with Gasteiger partial charge in [-0.1, -0.05) is 6.92 Å². The number of carboxylic acids is 1. The zero-order chi connectivity index (χ0) is 15.6. The minimum absolute atomic E-state index is 0.0391. The first kappa shape index (κ1) is 16.2. The van der Waals surface area contributed by atoms with E-state index in [2.05, 4.69) is 5.32 Å². The summed E-state index contributed by atoms with van der Waals surface area (Å²) in [6.45, 7) is 2.75. The van der Waals surface area contributed by atoms with Crippen LogP contribution < -0.4 is 5.32 Å². The maximum atomic E-state index is 12.3. The van der Waals surface area contributed by atoms with Crippen molar-refractivity contribution in [1.29, 1.82) is 0 Å². The van der Waals surface area contributed by atoms with E-state index in [1.807, 2.05) is 6.92 Å². The van der Waals surface area contributed by atoms with Gasteiger partial charge in [-0.05, 0) is 18.8 Å². The van der Waals surface area contributed by atoms with Crippen LogP contribution in [0.5, 0.6) is 0 Å². The Morgan fingerprint density at radius 1 is 1.38 bits per heavy atom. The molecule has 2 saturated heterocycles. The summed E-state index contributed by atoms with van der Waals surface area (Å²) in [5.41, 5.74) is 0. The van der Waals surface area contributed by atoms with Gasteiger partial charge in [-0.25, -0.2) is 13.2 Å². The maximum absolute atomic E-state index is 12.3. The van der Waals surface area contributed by atoms with E-state index in [9.17, 15) is 23.1 Å². The van der Waals surface area contributed by atoms with Crippen LogP contribution in [0.2, 0.25) is 0 Å². The first-order valence-corrected chi connectivity index (χ1v) is 9.06. The molecule has 2 heterocycles. The van der Waals surface area contributed by atoms with Gasteiger partial charge in [0, 0.05) is 25.6 Å². The van der Waals surface area contributed by atoms with Crippen LogP contribution in [0.4, 0.5) is 0 Å². The van der Waals surface area contributed by atoms with Gasteiger partial charge in [0.1, 0.15) is 6.04 Å². The van der Waals surface area contributed by atoms with Crippen molar-refractivity contribution in [2.75, 3.05) is 24.6 Å². The quantitative estimate of drug-likeness (QED) is 0.725. The Kier molecular flexibility index (Phi) is 4.88. The summed E-state index contributed by atoms with van der Waals surface area (Å²) in [7, 11) is -3.10. The molecule has 2 aliphatic heterocycles. The Morgan fingerprint density at radius 2 is 2.10 bits per heavy atom. The second-order valence-corrected chi connectivity index (χ2v) is 8.27. The number of amides is 1. The number of nitrogens with zero attached hydrogens (tertiary/aromatic N) is 1. The average Bonchev–Trinajstić information content (AvgIpc) is 2.37. The first-order valence-electron chi connectivity index (χ1n) is 7.24. The second kappa shape index (κ2) is 6.31. The fourth-order valence-electron chi connectivity index (χ4n) is 3.00. The highest BCUT2D eigenvalue weighted by molar-refractivity contribution is 7.91. The van der Waals surface area contributed by atoms with E-state index in [0.29, 0.717) is 19.5 Å². The van der Waals surface area contributed by atoms with Crippen molar-refractivity contribution in [3.63, 3.8) is 0 Å². The third-order valence-corrected chi connectivity index (χ3v) is 5.93. The second-order valence-electron chi connectivity index (χ2n) is 6.04. The summed E-state index contributed by atoms with van der Waals surface area (Å²) in [5.74, 6) is -0.941. The molecule has 0 aromatic heterocycles. The molecule has 8 heteroatoms. The largest absolute Gasteiger partial charge is 0.480 e. The van der Waals surface area contributed by atoms with Gasteiger partial charge in [0.25, 0.3) is 0 Å². The van der Waals surface area contributed by atoms with Crippen molar-refractivity contribution in [3.8, 4) is 0 Å². The lowest BCUT2D eigenvalue weighted by molar-refractivity contribution is -0.153. The van der Waals surface area contributed by atoms with Gasteiger partial charge < -0.3 is 15.3 Å². The van der Waals surface area contributed by atoms with Crippen LogP contribution in [-0.4, -0.2) is 67.0 Å². The van der Waals surface area contributed by atoms with Crippen molar-refractivity contribution in [3.05, 3.63) is 0 Å². The fraction of sp³-hybridized carbons (Fsp3) is 0.846. The lowest BCUT2D eigenvalue weighted by Crippen LogP contribution is -2.53. The van der Waals surface area contributed by atoms with E-state index in [1.54, 1.807) is 0 Å². The highest BCUT2D eigenvalue weighted by Gasteiger charge is 2.36. The molecule has 120 valence electrons. The number of piperidine rings is 1. The number of carbonyl (C=O) groups excluding carboxylic acids is 1. The molecule has 3 atom stereocenters. The molecule has 2 N–H and O–H groups in total. The molecule has 2 fully saturated rings. The summed E-state index contributed by atoms with van der Waals surface area (Å²) < 4.78 is 23.2. The van der Waals surface area contributed by atoms with Crippen LogP contribution in [0, 0.1) is 5.92 Å². The number of hydrogen-bond donors (Lipinski definition) is 2. The van der Waals surface area contributed by atoms with Crippen LogP contribution in [0.25, 0.3) is 0 Å². The standard InChI is InChI=1S/C13H22N2O5S/c1-9-2-4-15(11(6-9)13(17)18)12(16)7-10-8-21(19,20)5-3-14-10/h9-11,14H,2-8H2,1H3,(H,17,18). The van der Waals surface area contributed by atoms with Crippen LogP contribution in [0.15, 0.2) is 0 Å². The molecule has 3 unspecified atom stereocenters. The van der Waals surface area contributed by atoms with Gasteiger partial charge in [-0.3, -0.25) is 4.79 Å². The number of rotatable bonds is 3. The molecule has 21 heavy (non-hydrogen) atoms. The van der Waals surface area contributed by atoms with Crippen LogP contribution >= 0.6 is 0 Å². The summed E-state index contributed by atoms with van der Waals surface area (Å²) in [5, 5.41) is 12.3. The Hall–Kier alpha value is -1.15. The SMILES string of the molecule is CC1CCN(C(=O)CC2CS(=O)(=O)CCN2)C(C(=O)O)C1. The maximum Gasteiger partial charge on any atom is 0.326 e. The summed E-state index contributed by atoms with van der Waals surface area (Å²) in [6, 6.07) is -1.20. The Morgan fingerprint density at radius 3 is 2.71 bits per heavy atom. The van der Waals surface area contributed by atoms with E-state index in [0.717, 1.165) is 6.42 Å². The molecule has 0 spiro atoms. The van der Waals surface area contributed by atoms with Crippen molar-refractivity contribution in [2.45, 2.75) is 38.3 Å². The predicted octanol–water partition coefficient (Wildman–Crippen LogP) is -0.525. The molecule has 0 bridgehead atoms. The van der Waals surface area contributed by atoms with E-state index in [-0.39, 0.29) is 29.8 Å². The van der Waals surface area contributed by atoms with E-state index >= 15 is 0 Å². The first-order chi connectivity index (χ1) is 9.78. The average molecular weight is 318 g/mol. The molecule has 0 aromatic rings. The number of sulfone groups is 1. The van der Waals surface area contributed by atoms with Gasteiger partial charge in [0.2, 0.25) is 5.91 Å². The number of likely N-dealkylation sites (tertiary alicyclic amines) is 1. The number of carboxylic acid groups (broad SMARTS) is 1. The van der Waals surface area contributed by atoms with Crippen molar-refractivity contribution < 1.29 is 23.1 Å². The van der Waals surface area contributed by atoms with Crippen molar-refractivity contribution in [1.82, 2.24) is 10.2 Å². The fourth-order valence-corrected chi connectivity index (χ4v) is 4.44. The third kappa shape index (κ3) is 4.16. The molecule has 2 aliphatic rings. The molecule has 1 amide bonds. The van der Waals surface area contributed by atoms with Crippen molar-refractivity contribution >= 4 is 21.7 Å². The van der Waals surface area contributed by atoms with Crippen LogP contribution in [0.1, 0.15) is 26.2 Å². The van der Waals surface area contributed by atoms with Gasteiger partial charge in [-0.2, -0.15) is 0 Å². The van der Waals surface area contributed by atoms with E-state index < -0.39 is 27.9 Å². The molecule has 7 nitrogen and oxygen atoms in total. The monoisotopic (exact) mass is 318 g/mol. The van der Waals surface area contributed by atoms with Crippen molar-refractivity contribution in [2.24, 2.45) is 5.92 Å². The van der Waals surface area contributed by atoms with E-state index in [4.69, 9.17) is 0 Å². The smallest absolute Gasteiger partial charge is 0.326 e. The minimum atomic E-state index is -3.10. The molecule has 0 aliphatic carbocycles. The number of hydrogen-bond acceptors (Lipinski definition) is 5. The third-order valence-electron chi connectivity index (χ3n) is 4.19. The Labute approximate surface area is 124 Å². The Bertz CT molecular complexity index is 519. The van der Waals surface area contributed by atoms with Crippen LogP contribution in [-0.2, 0) is 19.4 Å². The topological polar surface area (TPSA) is 104 Å². The molecular formula is C13H22N2O5S. The molecule has 0 radical (unpaired) electrons. The number of carbonyl (C=O) groups is 2.